The molecule has 3 N–H and O–H groups in total. The second-order valence-electron chi connectivity index (χ2n) is 7.30. The molecule has 1 amide bonds. The van der Waals surface area contributed by atoms with E-state index in [4.69, 9.17) is 14.7 Å². The molecule has 156 valence electrons. The first-order chi connectivity index (χ1) is 15.0. The van der Waals surface area contributed by atoms with Crippen LogP contribution in [0.3, 0.4) is 0 Å². The number of amides is 1. The van der Waals surface area contributed by atoms with Gasteiger partial charge in [0.05, 0.1) is 12.1 Å². The number of carbonyl (C=O) groups is 1. The van der Waals surface area contributed by atoms with Gasteiger partial charge in [0.2, 0.25) is 23.4 Å². The van der Waals surface area contributed by atoms with Crippen molar-refractivity contribution >= 4 is 17.4 Å². The van der Waals surface area contributed by atoms with Gasteiger partial charge in [-0.3, -0.25) is 4.79 Å². The SMILES string of the molecule is Cc1ccc(-c2noc([C@H]3C[C@@H]3F)n2)cc1NC(=O)c1cnc(-c2ccnc(N)c2)o1. The van der Waals surface area contributed by atoms with Crippen LogP contribution in [0.15, 0.2) is 51.7 Å². The molecular weight excluding hydrogens is 403 g/mol. The molecule has 31 heavy (non-hydrogen) atoms. The predicted molar refractivity (Wildman–Crippen MR) is 109 cm³/mol. The molecule has 1 aromatic carbocycles. The minimum atomic E-state index is -0.920. The number of alkyl halides is 1. The topological polar surface area (TPSA) is 133 Å². The molecule has 0 spiro atoms. The van der Waals surface area contributed by atoms with Crippen LogP contribution in [-0.4, -0.2) is 32.2 Å². The molecule has 0 unspecified atom stereocenters. The van der Waals surface area contributed by atoms with Gasteiger partial charge in [-0.15, -0.1) is 0 Å². The van der Waals surface area contributed by atoms with Crippen molar-refractivity contribution in [3.05, 3.63) is 59.9 Å². The average molecular weight is 420 g/mol. The average Bonchev–Trinajstić information content (AvgIpc) is 3.15. The van der Waals surface area contributed by atoms with Gasteiger partial charge in [-0.25, -0.2) is 14.4 Å². The third kappa shape index (κ3) is 3.75. The van der Waals surface area contributed by atoms with Crippen LogP contribution in [-0.2, 0) is 0 Å². The van der Waals surface area contributed by atoms with Crippen molar-refractivity contribution in [2.75, 3.05) is 11.1 Å². The van der Waals surface area contributed by atoms with Gasteiger partial charge in [0, 0.05) is 23.0 Å². The van der Waals surface area contributed by atoms with Gasteiger partial charge < -0.3 is 20.0 Å². The van der Waals surface area contributed by atoms with Crippen LogP contribution in [0, 0.1) is 6.92 Å². The van der Waals surface area contributed by atoms with Crippen LogP contribution in [0.25, 0.3) is 22.8 Å². The minimum Gasteiger partial charge on any atom is -0.431 e. The van der Waals surface area contributed by atoms with Gasteiger partial charge in [-0.05, 0) is 37.1 Å². The number of nitrogens with two attached hydrogens (primary N) is 1. The zero-order chi connectivity index (χ0) is 21.5. The number of rotatable bonds is 5. The Morgan fingerprint density at radius 3 is 2.84 bits per heavy atom. The Hall–Kier alpha value is -4.08. The highest BCUT2D eigenvalue weighted by atomic mass is 19.1. The molecule has 9 nitrogen and oxygen atoms in total. The van der Waals surface area contributed by atoms with E-state index in [9.17, 15) is 9.18 Å². The summed E-state index contributed by atoms with van der Waals surface area (Å²) in [6.45, 7) is 1.85. The monoisotopic (exact) mass is 420 g/mol. The highest BCUT2D eigenvalue weighted by molar-refractivity contribution is 6.03. The summed E-state index contributed by atoms with van der Waals surface area (Å²) < 4.78 is 24.0. The minimum absolute atomic E-state index is 0.0414. The third-order valence-corrected chi connectivity index (χ3v) is 4.97. The van der Waals surface area contributed by atoms with Crippen LogP contribution in [0.4, 0.5) is 15.9 Å². The van der Waals surface area contributed by atoms with E-state index >= 15 is 0 Å². The van der Waals surface area contributed by atoms with Crippen LogP contribution < -0.4 is 11.1 Å². The second-order valence-corrected chi connectivity index (χ2v) is 7.30. The number of nitrogen functional groups attached to an aromatic ring is 1. The number of carbonyl (C=O) groups excluding carboxylic acids is 1. The molecule has 0 aliphatic heterocycles. The summed E-state index contributed by atoms with van der Waals surface area (Å²) >= 11 is 0. The normalized spacial score (nSPS) is 17.5. The number of aromatic nitrogens is 4. The highest BCUT2D eigenvalue weighted by Gasteiger charge is 2.43. The van der Waals surface area contributed by atoms with Gasteiger partial charge in [-0.2, -0.15) is 4.98 Å². The summed E-state index contributed by atoms with van der Waals surface area (Å²) in [5.74, 6) is 0.467. The highest BCUT2D eigenvalue weighted by Crippen LogP contribution is 2.43. The standard InChI is InChI=1S/C21H17FN6O3/c1-10-2-3-11(18-27-21(31-28-18)13-8-14(13)22)6-15(10)26-19(29)16-9-25-20(30-16)12-4-5-24-17(23)7-12/h2-7,9,13-14H,8H2,1H3,(H2,23,24)(H,26,29)/t13-,14-/m0/s1. The van der Waals surface area contributed by atoms with Crippen molar-refractivity contribution in [3.8, 4) is 22.8 Å². The van der Waals surface area contributed by atoms with Crippen LogP contribution in [0.5, 0.6) is 0 Å². The summed E-state index contributed by atoms with van der Waals surface area (Å²) in [7, 11) is 0. The van der Waals surface area contributed by atoms with E-state index in [0.29, 0.717) is 40.8 Å². The Balaban J connectivity index is 1.36. The fourth-order valence-electron chi connectivity index (χ4n) is 3.10. The van der Waals surface area contributed by atoms with E-state index in [-0.39, 0.29) is 17.6 Å². The number of oxazole rings is 1. The number of hydrogen-bond donors (Lipinski definition) is 2. The molecule has 0 radical (unpaired) electrons. The number of aryl methyl sites for hydroxylation is 1. The maximum Gasteiger partial charge on any atom is 0.293 e. The molecule has 1 saturated carbocycles. The Kier molecular flexibility index (Phi) is 4.46. The molecule has 5 rings (SSSR count). The van der Waals surface area contributed by atoms with Crippen molar-refractivity contribution in [1.29, 1.82) is 0 Å². The molecule has 1 aliphatic carbocycles. The fraction of sp³-hybridized carbons (Fsp3) is 0.190. The van der Waals surface area contributed by atoms with E-state index < -0.39 is 12.1 Å². The molecule has 0 bridgehead atoms. The molecule has 4 aromatic rings. The fourth-order valence-corrected chi connectivity index (χ4v) is 3.10. The summed E-state index contributed by atoms with van der Waals surface area (Å²) in [4.78, 5) is 25.0. The molecule has 3 aromatic heterocycles. The molecule has 1 fully saturated rings. The number of halogens is 1. The van der Waals surface area contributed by atoms with Crippen molar-refractivity contribution < 1.29 is 18.1 Å². The van der Waals surface area contributed by atoms with Crippen LogP contribution in [0.2, 0.25) is 0 Å². The Morgan fingerprint density at radius 2 is 2.06 bits per heavy atom. The van der Waals surface area contributed by atoms with E-state index in [0.717, 1.165) is 5.56 Å². The summed E-state index contributed by atoms with van der Waals surface area (Å²) in [5, 5.41) is 6.73. The first-order valence-corrected chi connectivity index (χ1v) is 9.55. The zero-order valence-corrected chi connectivity index (χ0v) is 16.4. The number of anilines is 2. The predicted octanol–water partition coefficient (Wildman–Crippen LogP) is 3.75. The Morgan fingerprint density at radius 1 is 1.23 bits per heavy atom. The lowest BCUT2D eigenvalue weighted by atomic mass is 10.1. The quantitative estimate of drug-likeness (QED) is 0.499. The number of hydrogen-bond acceptors (Lipinski definition) is 8. The molecule has 0 saturated heterocycles. The summed E-state index contributed by atoms with van der Waals surface area (Å²) in [6.07, 6.45) is 2.36. The molecule has 1 aliphatic rings. The number of benzene rings is 1. The van der Waals surface area contributed by atoms with E-state index in [2.05, 4.69) is 25.4 Å². The summed E-state index contributed by atoms with van der Waals surface area (Å²) in [6, 6.07) is 8.64. The van der Waals surface area contributed by atoms with Crippen molar-refractivity contribution in [2.45, 2.75) is 25.4 Å². The van der Waals surface area contributed by atoms with E-state index in [1.54, 1.807) is 24.3 Å². The maximum atomic E-state index is 13.2. The first-order valence-electron chi connectivity index (χ1n) is 9.55. The second kappa shape index (κ2) is 7.31. The van der Waals surface area contributed by atoms with Gasteiger partial charge in [0.25, 0.3) is 5.91 Å². The molecular formula is C21H17FN6O3. The lowest BCUT2D eigenvalue weighted by Gasteiger charge is -2.08. The van der Waals surface area contributed by atoms with Gasteiger partial charge in [0.1, 0.15) is 12.0 Å². The van der Waals surface area contributed by atoms with Crippen molar-refractivity contribution in [3.63, 3.8) is 0 Å². The number of pyridine rings is 1. The maximum absolute atomic E-state index is 13.2. The summed E-state index contributed by atoms with van der Waals surface area (Å²) in [5.41, 5.74) is 8.31. The van der Waals surface area contributed by atoms with Crippen molar-refractivity contribution in [1.82, 2.24) is 20.1 Å². The Bertz CT molecular complexity index is 1280. The molecule has 2 atom stereocenters. The van der Waals surface area contributed by atoms with Gasteiger partial charge >= 0.3 is 0 Å². The van der Waals surface area contributed by atoms with Gasteiger partial charge in [-0.1, -0.05) is 17.3 Å². The lowest BCUT2D eigenvalue weighted by molar-refractivity contribution is 0.0997. The lowest BCUT2D eigenvalue weighted by Crippen LogP contribution is -2.12. The van der Waals surface area contributed by atoms with E-state index in [1.807, 2.05) is 13.0 Å². The van der Waals surface area contributed by atoms with Crippen LogP contribution in [0.1, 0.15) is 34.3 Å². The number of nitrogens with zero attached hydrogens (tertiary/aromatic N) is 4. The van der Waals surface area contributed by atoms with Crippen molar-refractivity contribution in [2.24, 2.45) is 0 Å². The number of nitrogens with one attached hydrogen (secondary N) is 1. The first kappa shape index (κ1) is 18.9. The third-order valence-electron chi connectivity index (χ3n) is 4.97. The molecule has 10 heteroatoms. The van der Waals surface area contributed by atoms with Crippen LogP contribution >= 0.6 is 0 Å². The largest absolute Gasteiger partial charge is 0.431 e. The smallest absolute Gasteiger partial charge is 0.293 e. The molecule has 3 heterocycles. The van der Waals surface area contributed by atoms with E-state index in [1.165, 1.54) is 12.4 Å². The van der Waals surface area contributed by atoms with Gasteiger partial charge in [0.15, 0.2) is 0 Å². The Labute approximate surface area is 175 Å². The zero-order valence-electron chi connectivity index (χ0n) is 16.4.